The fourth-order valence-electron chi connectivity index (χ4n) is 1.92. The maximum absolute atomic E-state index is 12.7. The van der Waals surface area contributed by atoms with E-state index in [-0.39, 0.29) is 17.5 Å². The van der Waals surface area contributed by atoms with Gasteiger partial charge in [-0.2, -0.15) is 9.57 Å². The summed E-state index contributed by atoms with van der Waals surface area (Å²) >= 11 is 0. The summed E-state index contributed by atoms with van der Waals surface area (Å²) < 4.78 is 36.7. The van der Waals surface area contributed by atoms with Crippen LogP contribution in [0.25, 0.3) is 0 Å². The van der Waals surface area contributed by atoms with Gasteiger partial charge in [0.05, 0.1) is 29.7 Å². The van der Waals surface area contributed by atoms with Crippen molar-refractivity contribution >= 4 is 10.0 Å². The minimum Gasteiger partial charge on any atom is -0.383 e. The standard InChI is InChI=1S/C14H20N2O4S/c1-12(11-20-3)16(8-9-19-2)21(17,18)14-6-4-13(10-15)5-7-14/h4-7,12H,8-9,11H2,1-3H3. The van der Waals surface area contributed by atoms with Crippen LogP contribution in [-0.4, -0.2) is 52.7 Å². The maximum atomic E-state index is 12.7. The van der Waals surface area contributed by atoms with Crippen LogP contribution >= 0.6 is 0 Å². The topological polar surface area (TPSA) is 79.6 Å². The first-order chi connectivity index (χ1) is 9.97. The van der Waals surface area contributed by atoms with Crippen LogP contribution in [0.5, 0.6) is 0 Å². The fourth-order valence-corrected chi connectivity index (χ4v) is 3.52. The largest absolute Gasteiger partial charge is 0.383 e. The van der Waals surface area contributed by atoms with Crippen LogP contribution in [0.4, 0.5) is 0 Å². The third-order valence-electron chi connectivity index (χ3n) is 3.01. The molecule has 0 aliphatic carbocycles. The quantitative estimate of drug-likeness (QED) is 0.721. The third kappa shape index (κ3) is 4.51. The van der Waals surface area contributed by atoms with Crippen LogP contribution in [0.15, 0.2) is 29.2 Å². The molecule has 1 unspecified atom stereocenters. The van der Waals surface area contributed by atoms with Crippen LogP contribution in [0.3, 0.4) is 0 Å². The minimum absolute atomic E-state index is 0.153. The second-order valence-corrected chi connectivity index (χ2v) is 6.44. The van der Waals surface area contributed by atoms with Crippen molar-refractivity contribution in [2.24, 2.45) is 0 Å². The molecular weight excluding hydrogens is 292 g/mol. The van der Waals surface area contributed by atoms with E-state index in [2.05, 4.69) is 0 Å². The molecule has 0 aliphatic rings. The van der Waals surface area contributed by atoms with E-state index < -0.39 is 10.0 Å². The van der Waals surface area contributed by atoms with Gasteiger partial charge in [-0.15, -0.1) is 0 Å². The van der Waals surface area contributed by atoms with E-state index in [1.54, 1.807) is 6.92 Å². The number of benzene rings is 1. The molecule has 0 aliphatic heterocycles. The van der Waals surface area contributed by atoms with Gasteiger partial charge in [0.2, 0.25) is 10.0 Å². The van der Waals surface area contributed by atoms with E-state index in [0.717, 1.165) is 0 Å². The van der Waals surface area contributed by atoms with Crippen molar-refractivity contribution in [1.82, 2.24) is 4.31 Å². The fraction of sp³-hybridized carbons (Fsp3) is 0.500. The summed E-state index contributed by atoms with van der Waals surface area (Å²) in [5.41, 5.74) is 0.419. The van der Waals surface area contributed by atoms with Crippen molar-refractivity contribution in [3.05, 3.63) is 29.8 Å². The van der Waals surface area contributed by atoms with E-state index in [4.69, 9.17) is 14.7 Å². The van der Waals surface area contributed by atoms with E-state index in [1.807, 2.05) is 6.07 Å². The van der Waals surface area contributed by atoms with Gasteiger partial charge in [-0.3, -0.25) is 0 Å². The van der Waals surface area contributed by atoms with Crippen molar-refractivity contribution in [3.63, 3.8) is 0 Å². The third-order valence-corrected chi connectivity index (χ3v) is 5.03. The first kappa shape index (κ1) is 17.6. The molecule has 0 fully saturated rings. The summed E-state index contributed by atoms with van der Waals surface area (Å²) in [6.07, 6.45) is 0. The highest BCUT2D eigenvalue weighted by molar-refractivity contribution is 7.89. The van der Waals surface area contributed by atoms with Gasteiger partial charge in [0.25, 0.3) is 0 Å². The maximum Gasteiger partial charge on any atom is 0.243 e. The monoisotopic (exact) mass is 312 g/mol. The number of nitrogens with zero attached hydrogens (tertiary/aromatic N) is 2. The van der Waals surface area contributed by atoms with Crippen LogP contribution < -0.4 is 0 Å². The summed E-state index contributed by atoms with van der Waals surface area (Å²) in [5.74, 6) is 0. The summed E-state index contributed by atoms with van der Waals surface area (Å²) in [5, 5.41) is 8.77. The molecule has 1 aromatic rings. The lowest BCUT2D eigenvalue weighted by Gasteiger charge is -2.27. The van der Waals surface area contributed by atoms with Crippen molar-refractivity contribution in [3.8, 4) is 6.07 Å². The summed E-state index contributed by atoms with van der Waals surface area (Å²) in [6, 6.07) is 7.50. The van der Waals surface area contributed by atoms with Crippen LogP contribution in [0, 0.1) is 11.3 Å². The Morgan fingerprint density at radius 1 is 1.24 bits per heavy atom. The first-order valence-corrected chi connectivity index (χ1v) is 7.91. The lowest BCUT2D eigenvalue weighted by atomic mass is 10.2. The molecule has 116 valence electrons. The number of hydrogen-bond donors (Lipinski definition) is 0. The zero-order chi connectivity index (χ0) is 15.9. The highest BCUT2D eigenvalue weighted by Crippen LogP contribution is 2.19. The Bertz CT molecular complexity index is 578. The molecule has 0 heterocycles. The lowest BCUT2D eigenvalue weighted by Crippen LogP contribution is -2.42. The highest BCUT2D eigenvalue weighted by Gasteiger charge is 2.28. The van der Waals surface area contributed by atoms with E-state index in [9.17, 15) is 8.42 Å². The molecule has 0 bridgehead atoms. The highest BCUT2D eigenvalue weighted by atomic mass is 32.2. The van der Waals surface area contributed by atoms with Gasteiger partial charge in [0.1, 0.15) is 0 Å². The van der Waals surface area contributed by atoms with Gasteiger partial charge in [-0.05, 0) is 31.2 Å². The Balaban J connectivity index is 3.09. The second-order valence-electron chi connectivity index (χ2n) is 4.55. The number of sulfonamides is 1. The van der Waals surface area contributed by atoms with Crippen LogP contribution in [0.1, 0.15) is 12.5 Å². The van der Waals surface area contributed by atoms with E-state index in [0.29, 0.717) is 18.8 Å². The Morgan fingerprint density at radius 3 is 2.33 bits per heavy atom. The Morgan fingerprint density at radius 2 is 1.86 bits per heavy atom. The molecule has 21 heavy (non-hydrogen) atoms. The molecule has 0 amide bonds. The molecule has 0 aromatic heterocycles. The molecule has 0 radical (unpaired) electrons. The van der Waals surface area contributed by atoms with Gasteiger partial charge >= 0.3 is 0 Å². The van der Waals surface area contributed by atoms with Gasteiger partial charge < -0.3 is 9.47 Å². The molecule has 1 rings (SSSR count). The first-order valence-electron chi connectivity index (χ1n) is 6.47. The SMILES string of the molecule is COCCN(C(C)COC)S(=O)(=O)c1ccc(C#N)cc1. The molecule has 0 N–H and O–H groups in total. The van der Waals surface area contributed by atoms with Crippen LogP contribution in [0.2, 0.25) is 0 Å². The predicted molar refractivity (Wildman–Crippen MR) is 78.3 cm³/mol. The molecular formula is C14H20N2O4S. The zero-order valence-corrected chi connectivity index (χ0v) is 13.3. The molecule has 7 heteroatoms. The molecule has 0 saturated heterocycles. The number of rotatable bonds is 8. The Kier molecular flexibility index (Phi) is 6.78. The molecule has 1 aromatic carbocycles. The van der Waals surface area contributed by atoms with Crippen molar-refractivity contribution in [2.45, 2.75) is 17.9 Å². The Labute approximate surface area is 125 Å². The summed E-state index contributed by atoms with van der Waals surface area (Å²) in [7, 11) is -0.607. The second kappa shape index (κ2) is 8.10. The van der Waals surface area contributed by atoms with Crippen molar-refractivity contribution in [2.75, 3.05) is 34.0 Å². The number of hydrogen-bond acceptors (Lipinski definition) is 5. The van der Waals surface area contributed by atoms with Gasteiger partial charge in [-0.1, -0.05) is 0 Å². The lowest BCUT2D eigenvalue weighted by molar-refractivity contribution is 0.119. The average molecular weight is 312 g/mol. The van der Waals surface area contributed by atoms with Gasteiger partial charge in [-0.25, -0.2) is 8.42 Å². The van der Waals surface area contributed by atoms with Crippen molar-refractivity contribution in [1.29, 1.82) is 5.26 Å². The number of methoxy groups -OCH3 is 2. The normalized spacial score (nSPS) is 13.1. The molecule has 1 atom stereocenters. The van der Waals surface area contributed by atoms with Crippen LogP contribution in [-0.2, 0) is 19.5 Å². The average Bonchev–Trinajstić information content (AvgIpc) is 2.47. The minimum atomic E-state index is -3.66. The smallest absolute Gasteiger partial charge is 0.243 e. The number of ether oxygens (including phenoxy) is 2. The van der Waals surface area contributed by atoms with Gasteiger partial charge in [0.15, 0.2) is 0 Å². The number of nitriles is 1. The van der Waals surface area contributed by atoms with E-state index in [1.165, 1.54) is 42.8 Å². The van der Waals surface area contributed by atoms with Crippen molar-refractivity contribution < 1.29 is 17.9 Å². The Hall–Kier alpha value is -1.46. The predicted octanol–water partition coefficient (Wildman–Crippen LogP) is 1.23. The molecule has 0 saturated carbocycles. The molecule has 6 nitrogen and oxygen atoms in total. The molecule has 0 spiro atoms. The van der Waals surface area contributed by atoms with Gasteiger partial charge in [0, 0.05) is 26.8 Å². The summed E-state index contributed by atoms with van der Waals surface area (Å²) in [4.78, 5) is 0.153. The van der Waals surface area contributed by atoms with E-state index >= 15 is 0 Å². The summed E-state index contributed by atoms with van der Waals surface area (Å²) in [6.45, 7) is 2.60. The zero-order valence-electron chi connectivity index (χ0n) is 12.4.